The third-order valence-electron chi connectivity index (χ3n) is 3.71. The highest BCUT2D eigenvalue weighted by molar-refractivity contribution is 5.75. The first kappa shape index (κ1) is 15.3. The van der Waals surface area contributed by atoms with Crippen LogP contribution in [0.1, 0.15) is 36.4 Å². The average molecular weight is 283 g/mol. The molecule has 21 heavy (non-hydrogen) atoms. The van der Waals surface area contributed by atoms with Gasteiger partial charge in [0.2, 0.25) is 0 Å². The van der Waals surface area contributed by atoms with Crippen LogP contribution >= 0.6 is 0 Å². The van der Waals surface area contributed by atoms with E-state index in [1.807, 2.05) is 48.5 Å². The van der Waals surface area contributed by atoms with Gasteiger partial charge < -0.3 is 10.4 Å². The summed E-state index contributed by atoms with van der Waals surface area (Å²) in [5, 5.41) is 12.6. The fraction of sp³-hybridized carbons (Fsp3) is 0.278. The molecule has 2 aromatic rings. The summed E-state index contributed by atoms with van der Waals surface area (Å²) in [6.07, 6.45) is 0.970. The monoisotopic (exact) mass is 283 g/mol. The first-order chi connectivity index (χ1) is 10.2. The molecule has 2 rings (SSSR count). The van der Waals surface area contributed by atoms with Gasteiger partial charge in [-0.25, -0.2) is 0 Å². The Hall–Kier alpha value is -2.13. The van der Waals surface area contributed by atoms with Crippen LogP contribution in [0.5, 0.6) is 0 Å². The van der Waals surface area contributed by atoms with Crippen LogP contribution in [0.4, 0.5) is 0 Å². The molecule has 0 aliphatic heterocycles. The fourth-order valence-corrected chi connectivity index (χ4v) is 2.48. The second-order valence-corrected chi connectivity index (χ2v) is 5.11. The minimum absolute atomic E-state index is 0.316. The molecule has 0 fully saturated rings. The van der Waals surface area contributed by atoms with Gasteiger partial charge in [-0.05, 0) is 23.5 Å². The van der Waals surface area contributed by atoms with E-state index >= 15 is 0 Å². The van der Waals surface area contributed by atoms with Crippen molar-refractivity contribution in [3.63, 3.8) is 0 Å². The van der Waals surface area contributed by atoms with E-state index in [4.69, 9.17) is 0 Å². The van der Waals surface area contributed by atoms with Crippen molar-refractivity contribution in [1.29, 1.82) is 0 Å². The predicted molar refractivity (Wildman–Crippen MR) is 84.3 cm³/mol. The Kier molecular flexibility index (Phi) is 5.52. The van der Waals surface area contributed by atoms with Crippen molar-refractivity contribution in [2.45, 2.75) is 25.3 Å². The quantitative estimate of drug-likeness (QED) is 0.816. The lowest BCUT2D eigenvalue weighted by Crippen LogP contribution is -2.31. The van der Waals surface area contributed by atoms with Gasteiger partial charge in [0.15, 0.2) is 0 Å². The Bertz CT molecular complexity index is 554. The largest absolute Gasteiger partial charge is 0.480 e. The summed E-state index contributed by atoms with van der Waals surface area (Å²) in [6.45, 7) is 2.77. The maximum Gasteiger partial charge on any atom is 0.325 e. The fourth-order valence-electron chi connectivity index (χ4n) is 2.48. The second kappa shape index (κ2) is 7.60. The van der Waals surface area contributed by atoms with Crippen molar-refractivity contribution in [3.8, 4) is 0 Å². The summed E-state index contributed by atoms with van der Waals surface area (Å²) < 4.78 is 0. The zero-order chi connectivity index (χ0) is 15.1. The number of rotatable bonds is 7. The molecule has 3 nitrogen and oxygen atoms in total. The van der Waals surface area contributed by atoms with Crippen molar-refractivity contribution in [2.75, 3.05) is 6.54 Å². The van der Waals surface area contributed by atoms with Crippen LogP contribution in [-0.4, -0.2) is 17.6 Å². The minimum Gasteiger partial charge on any atom is -0.480 e. The maximum absolute atomic E-state index is 11.5. The highest BCUT2D eigenvalue weighted by atomic mass is 16.4. The molecule has 2 N–H and O–H groups in total. The number of aliphatic carboxylic acids is 1. The van der Waals surface area contributed by atoms with E-state index in [0.29, 0.717) is 12.5 Å². The molecule has 0 heterocycles. The molecule has 0 saturated heterocycles. The van der Waals surface area contributed by atoms with E-state index in [1.165, 1.54) is 5.56 Å². The molecule has 0 aliphatic rings. The smallest absolute Gasteiger partial charge is 0.325 e. The van der Waals surface area contributed by atoms with Gasteiger partial charge in [0, 0.05) is 6.54 Å². The van der Waals surface area contributed by atoms with Crippen molar-refractivity contribution in [2.24, 2.45) is 0 Å². The van der Waals surface area contributed by atoms with E-state index in [-0.39, 0.29) is 0 Å². The third-order valence-corrected chi connectivity index (χ3v) is 3.71. The molecule has 0 bridgehead atoms. The van der Waals surface area contributed by atoms with Crippen LogP contribution in [0.3, 0.4) is 0 Å². The number of carboxylic acids is 1. The zero-order valence-corrected chi connectivity index (χ0v) is 12.2. The molecule has 0 saturated carbocycles. The molecule has 0 aromatic heterocycles. The number of hydrogen-bond donors (Lipinski definition) is 2. The second-order valence-electron chi connectivity index (χ2n) is 5.11. The van der Waals surface area contributed by atoms with Gasteiger partial charge in [-0.15, -0.1) is 0 Å². The summed E-state index contributed by atoms with van der Waals surface area (Å²) in [7, 11) is 0. The zero-order valence-electron chi connectivity index (χ0n) is 12.2. The molecule has 0 amide bonds. The van der Waals surface area contributed by atoms with Gasteiger partial charge >= 0.3 is 5.97 Å². The number of carboxylic acid groups (broad SMARTS) is 1. The van der Waals surface area contributed by atoms with E-state index in [9.17, 15) is 9.90 Å². The van der Waals surface area contributed by atoms with Crippen molar-refractivity contribution in [3.05, 3.63) is 71.8 Å². The van der Waals surface area contributed by atoms with Gasteiger partial charge in [-0.2, -0.15) is 0 Å². The Morgan fingerprint density at radius 2 is 1.52 bits per heavy atom. The van der Waals surface area contributed by atoms with E-state index < -0.39 is 12.0 Å². The normalized spacial score (nSPS) is 13.6. The third kappa shape index (κ3) is 4.17. The predicted octanol–water partition coefficient (Wildman–Crippen LogP) is 3.60. The Balaban J connectivity index is 2.06. The molecule has 0 spiro atoms. The number of benzene rings is 2. The summed E-state index contributed by atoms with van der Waals surface area (Å²) in [5.74, 6) is -0.527. The lowest BCUT2D eigenvalue weighted by atomic mass is 9.95. The summed E-state index contributed by atoms with van der Waals surface area (Å²) in [6, 6.07) is 18.8. The van der Waals surface area contributed by atoms with Crippen LogP contribution in [0.15, 0.2) is 60.7 Å². The number of hydrogen-bond acceptors (Lipinski definition) is 2. The molecule has 3 heteroatoms. The lowest BCUT2D eigenvalue weighted by molar-refractivity contribution is -0.139. The standard InChI is InChI=1S/C18H21NO2/c1-2-14(15-9-5-3-6-10-15)13-19-17(18(20)21)16-11-7-4-8-12-16/h3-12,14,17,19H,2,13H2,1H3,(H,20,21)/t14?,17-/m1/s1. The lowest BCUT2D eigenvalue weighted by Gasteiger charge is -2.20. The van der Waals surface area contributed by atoms with Crippen molar-refractivity contribution in [1.82, 2.24) is 5.32 Å². The summed E-state index contributed by atoms with van der Waals surface area (Å²) in [4.78, 5) is 11.5. The first-order valence-corrected chi connectivity index (χ1v) is 7.28. The molecular weight excluding hydrogens is 262 g/mol. The van der Waals surface area contributed by atoms with Crippen LogP contribution in [0.25, 0.3) is 0 Å². The van der Waals surface area contributed by atoms with Gasteiger partial charge in [-0.3, -0.25) is 4.79 Å². The topological polar surface area (TPSA) is 49.3 Å². The van der Waals surface area contributed by atoms with Crippen LogP contribution in [0, 0.1) is 0 Å². The minimum atomic E-state index is -0.843. The molecule has 0 aliphatic carbocycles. The van der Waals surface area contributed by atoms with Gasteiger partial charge in [0.05, 0.1) is 0 Å². The Labute approximate surface area is 125 Å². The van der Waals surface area contributed by atoms with Crippen LogP contribution < -0.4 is 5.32 Å². The highest BCUT2D eigenvalue weighted by Crippen LogP contribution is 2.20. The van der Waals surface area contributed by atoms with E-state index in [1.54, 1.807) is 0 Å². The average Bonchev–Trinajstić information content (AvgIpc) is 2.53. The first-order valence-electron chi connectivity index (χ1n) is 7.28. The molecule has 0 radical (unpaired) electrons. The molecule has 2 atom stereocenters. The molecular formula is C18H21NO2. The highest BCUT2D eigenvalue weighted by Gasteiger charge is 2.20. The van der Waals surface area contributed by atoms with Gasteiger partial charge in [-0.1, -0.05) is 67.6 Å². The maximum atomic E-state index is 11.5. The van der Waals surface area contributed by atoms with E-state index in [0.717, 1.165) is 12.0 Å². The number of nitrogens with one attached hydrogen (secondary N) is 1. The number of carbonyl (C=O) groups is 1. The van der Waals surface area contributed by atoms with Gasteiger partial charge in [0.1, 0.15) is 6.04 Å². The molecule has 110 valence electrons. The van der Waals surface area contributed by atoms with E-state index in [2.05, 4.69) is 24.4 Å². The van der Waals surface area contributed by atoms with Crippen LogP contribution in [0.2, 0.25) is 0 Å². The molecule has 1 unspecified atom stereocenters. The summed E-state index contributed by atoms with van der Waals surface area (Å²) in [5.41, 5.74) is 2.03. The Morgan fingerprint density at radius 3 is 2.00 bits per heavy atom. The van der Waals surface area contributed by atoms with Crippen LogP contribution in [-0.2, 0) is 4.79 Å². The summed E-state index contributed by atoms with van der Waals surface area (Å²) >= 11 is 0. The van der Waals surface area contributed by atoms with Crippen molar-refractivity contribution >= 4 is 5.97 Å². The SMILES string of the molecule is CCC(CN[C@@H](C(=O)O)c1ccccc1)c1ccccc1. The molecule has 2 aromatic carbocycles. The van der Waals surface area contributed by atoms with Crippen molar-refractivity contribution < 1.29 is 9.90 Å². The Morgan fingerprint density at radius 1 is 1.00 bits per heavy atom. The van der Waals surface area contributed by atoms with Gasteiger partial charge in [0.25, 0.3) is 0 Å².